The van der Waals surface area contributed by atoms with E-state index in [-0.39, 0.29) is 0 Å². The van der Waals surface area contributed by atoms with Crippen molar-refractivity contribution in [2.24, 2.45) is 17.3 Å². The van der Waals surface area contributed by atoms with Crippen LogP contribution in [0.5, 0.6) is 0 Å². The maximum absolute atomic E-state index is 2.81. The number of piperidine rings is 1. The third-order valence-corrected chi connectivity index (χ3v) is 6.79. The van der Waals surface area contributed by atoms with Gasteiger partial charge >= 0.3 is 0 Å². The molecule has 0 N–H and O–H groups in total. The van der Waals surface area contributed by atoms with E-state index in [0.29, 0.717) is 16.5 Å². The summed E-state index contributed by atoms with van der Waals surface area (Å²) in [5.74, 6) is 2.13. The number of hydrogen-bond acceptors (Lipinski definition) is 2. The highest BCUT2D eigenvalue weighted by Crippen LogP contribution is 2.59. The van der Waals surface area contributed by atoms with Gasteiger partial charge in [-0.25, -0.2) is 0 Å². The second kappa shape index (κ2) is 3.81. The minimum atomic E-state index is 0.363. The summed E-state index contributed by atoms with van der Waals surface area (Å²) < 4.78 is 0. The molecule has 3 heterocycles. The van der Waals surface area contributed by atoms with E-state index in [9.17, 15) is 0 Å². The summed E-state index contributed by atoms with van der Waals surface area (Å²) in [7, 11) is 0. The Hall–Kier alpha value is -0.0800. The monoisotopic (exact) mass is 276 g/mol. The molecular formula is C18H32N2. The van der Waals surface area contributed by atoms with E-state index >= 15 is 0 Å². The number of likely N-dealkylation sites (tertiary alicyclic amines) is 1. The maximum atomic E-state index is 2.81. The zero-order valence-electron chi connectivity index (χ0n) is 14.1. The Balaban J connectivity index is 1.42. The molecule has 0 spiro atoms. The van der Waals surface area contributed by atoms with Crippen LogP contribution in [-0.2, 0) is 0 Å². The molecule has 20 heavy (non-hydrogen) atoms. The topological polar surface area (TPSA) is 6.48 Å². The van der Waals surface area contributed by atoms with Crippen LogP contribution in [0.15, 0.2) is 0 Å². The summed E-state index contributed by atoms with van der Waals surface area (Å²) in [4.78, 5) is 5.60. The van der Waals surface area contributed by atoms with E-state index in [0.717, 1.165) is 17.9 Å². The third-order valence-electron chi connectivity index (χ3n) is 6.79. The second-order valence-electron chi connectivity index (χ2n) is 10.0. The summed E-state index contributed by atoms with van der Waals surface area (Å²) in [6.07, 6.45) is 5.88. The molecule has 3 saturated heterocycles. The van der Waals surface area contributed by atoms with Crippen LogP contribution in [-0.4, -0.2) is 46.6 Å². The van der Waals surface area contributed by atoms with Gasteiger partial charge in [-0.2, -0.15) is 0 Å². The van der Waals surface area contributed by atoms with Crippen LogP contribution < -0.4 is 0 Å². The summed E-state index contributed by atoms with van der Waals surface area (Å²) in [5.41, 5.74) is 1.43. The van der Waals surface area contributed by atoms with Gasteiger partial charge < -0.3 is 0 Å². The molecular weight excluding hydrogens is 244 g/mol. The smallest absolute Gasteiger partial charge is 0.0159 e. The minimum absolute atomic E-state index is 0.363. The van der Waals surface area contributed by atoms with Gasteiger partial charge in [-0.15, -0.1) is 0 Å². The van der Waals surface area contributed by atoms with Crippen molar-refractivity contribution >= 4 is 0 Å². The number of fused-ring (bicyclic) bond motifs is 2. The first kappa shape index (κ1) is 13.6. The molecule has 0 radical (unpaired) electrons. The SMILES string of the molecule is CC(C)(C)N1CC2(CC(C)(C)N3CC4CC4C3)CC1C2. The predicted molar refractivity (Wildman–Crippen MR) is 83.8 cm³/mol. The Bertz CT molecular complexity index is 404. The van der Waals surface area contributed by atoms with E-state index in [2.05, 4.69) is 44.4 Å². The molecule has 114 valence electrons. The summed E-state index contributed by atoms with van der Waals surface area (Å²) in [5, 5.41) is 0. The van der Waals surface area contributed by atoms with Crippen LogP contribution in [0.4, 0.5) is 0 Å². The van der Waals surface area contributed by atoms with Crippen molar-refractivity contribution < 1.29 is 0 Å². The van der Waals surface area contributed by atoms with Gasteiger partial charge in [-0.1, -0.05) is 0 Å². The van der Waals surface area contributed by atoms with Crippen molar-refractivity contribution in [3.05, 3.63) is 0 Å². The van der Waals surface area contributed by atoms with Gasteiger partial charge in [-0.3, -0.25) is 9.80 Å². The van der Waals surface area contributed by atoms with Crippen LogP contribution >= 0.6 is 0 Å². The largest absolute Gasteiger partial charge is 0.298 e. The zero-order valence-corrected chi connectivity index (χ0v) is 14.1. The van der Waals surface area contributed by atoms with E-state index in [1.54, 1.807) is 0 Å². The Morgan fingerprint density at radius 3 is 2.10 bits per heavy atom. The van der Waals surface area contributed by atoms with Crippen molar-refractivity contribution in [1.29, 1.82) is 0 Å². The first-order valence-corrected chi connectivity index (χ1v) is 8.70. The first-order valence-electron chi connectivity index (χ1n) is 8.70. The van der Waals surface area contributed by atoms with Crippen LogP contribution in [0.25, 0.3) is 0 Å². The quantitative estimate of drug-likeness (QED) is 0.780. The third kappa shape index (κ3) is 1.98. The number of nitrogens with zero attached hydrogens (tertiary/aromatic N) is 2. The highest BCUT2D eigenvalue weighted by atomic mass is 15.3. The van der Waals surface area contributed by atoms with Crippen molar-refractivity contribution in [3.63, 3.8) is 0 Å². The zero-order chi connectivity index (χ0) is 14.3. The van der Waals surface area contributed by atoms with Gasteiger partial charge in [0.15, 0.2) is 0 Å². The predicted octanol–water partition coefficient (Wildman–Crippen LogP) is 3.37. The molecule has 0 aromatic carbocycles. The fourth-order valence-electron chi connectivity index (χ4n) is 5.69. The van der Waals surface area contributed by atoms with Gasteiger partial charge in [-0.05, 0) is 77.6 Å². The standard InChI is InChI=1S/C18H32N2/c1-16(2,3)20-12-18(7-15(20)8-18)11-17(4,5)19-9-13-6-14(13)10-19/h13-15H,6-12H2,1-5H3. The molecule has 2 bridgehead atoms. The molecule has 0 aromatic heterocycles. The molecule has 0 aromatic rings. The summed E-state index contributed by atoms with van der Waals surface area (Å²) >= 11 is 0. The van der Waals surface area contributed by atoms with Crippen molar-refractivity contribution in [3.8, 4) is 0 Å². The lowest BCUT2D eigenvalue weighted by Gasteiger charge is -2.47. The van der Waals surface area contributed by atoms with Crippen molar-refractivity contribution in [1.82, 2.24) is 9.80 Å². The molecule has 2 saturated carbocycles. The van der Waals surface area contributed by atoms with Crippen LogP contribution in [0, 0.1) is 17.3 Å². The first-order chi connectivity index (χ1) is 9.19. The lowest BCUT2D eigenvalue weighted by molar-refractivity contribution is 0.0470. The highest BCUT2D eigenvalue weighted by Gasteiger charge is 2.59. The molecule has 2 aliphatic carbocycles. The Morgan fingerprint density at radius 2 is 1.60 bits per heavy atom. The lowest BCUT2D eigenvalue weighted by atomic mass is 9.64. The van der Waals surface area contributed by atoms with Crippen LogP contribution in [0.2, 0.25) is 0 Å². The lowest BCUT2D eigenvalue weighted by Crippen LogP contribution is -2.49. The highest BCUT2D eigenvalue weighted by molar-refractivity contribution is 5.13. The summed E-state index contributed by atoms with van der Waals surface area (Å²) in [6.45, 7) is 16.3. The molecule has 5 rings (SSSR count). The van der Waals surface area contributed by atoms with E-state index in [4.69, 9.17) is 0 Å². The molecule has 5 aliphatic rings. The summed E-state index contributed by atoms with van der Waals surface area (Å²) in [6, 6.07) is 0.887. The number of hydrogen-bond donors (Lipinski definition) is 0. The second-order valence-corrected chi connectivity index (χ2v) is 10.0. The van der Waals surface area contributed by atoms with Crippen LogP contribution in [0.3, 0.4) is 0 Å². The van der Waals surface area contributed by atoms with E-state index < -0.39 is 0 Å². The van der Waals surface area contributed by atoms with E-state index in [1.807, 2.05) is 0 Å². The van der Waals surface area contributed by atoms with Crippen LogP contribution in [0.1, 0.15) is 60.3 Å². The van der Waals surface area contributed by atoms with Gasteiger partial charge in [0.1, 0.15) is 0 Å². The molecule has 3 aliphatic heterocycles. The van der Waals surface area contributed by atoms with E-state index in [1.165, 1.54) is 45.3 Å². The van der Waals surface area contributed by atoms with Gasteiger partial charge in [0, 0.05) is 36.8 Å². The molecule has 0 amide bonds. The van der Waals surface area contributed by atoms with Crippen molar-refractivity contribution in [2.45, 2.75) is 77.4 Å². The normalized spacial score (nSPS) is 44.5. The Kier molecular flexibility index (Phi) is 2.59. The fraction of sp³-hybridized carbons (Fsp3) is 1.00. The van der Waals surface area contributed by atoms with Crippen molar-refractivity contribution in [2.75, 3.05) is 19.6 Å². The molecule has 2 atom stereocenters. The molecule has 2 unspecified atom stereocenters. The maximum Gasteiger partial charge on any atom is 0.0159 e. The molecule has 5 fully saturated rings. The minimum Gasteiger partial charge on any atom is -0.298 e. The number of rotatable bonds is 3. The Morgan fingerprint density at radius 1 is 1.00 bits per heavy atom. The van der Waals surface area contributed by atoms with Gasteiger partial charge in [0.05, 0.1) is 0 Å². The van der Waals surface area contributed by atoms with Gasteiger partial charge in [0.2, 0.25) is 0 Å². The average Bonchev–Trinajstić information content (AvgIpc) is 2.68. The van der Waals surface area contributed by atoms with Gasteiger partial charge in [0.25, 0.3) is 0 Å². The molecule has 2 nitrogen and oxygen atoms in total. The Labute approximate surface area is 124 Å². The fourth-order valence-corrected chi connectivity index (χ4v) is 5.69. The molecule has 2 heteroatoms. The average molecular weight is 276 g/mol.